The van der Waals surface area contributed by atoms with E-state index in [1.54, 1.807) is 6.92 Å². The van der Waals surface area contributed by atoms with E-state index >= 15 is 0 Å². The standard InChI is InChI=1S/C13H17N2O2/c1-10(13(14)17)7-8-12(16)15-9-11-5-3-2-4-6-11/h2-6,8,10H,7,9H2,1H3,(H2,14,17)(H,15,16)/t10-/m0/s1. The van der Waals surface area contributed by atoms with Crippen LogP contribution >= 0.6 is 0 Å². The summed E-state index contributed by atoms with van der Waals surface area (Å²) in [5, 5.41) is 2.75. The van der Waals surface area contributed by atoms with Crippen molar-refractivity contribution in [3.63, 3.8) is 0 Å². The topological polar surface area (TPSA) is 72.2 Å². The molecule has 0 saturated carbocycles. The highest BCUT2D eigenvalue weighted by molar-refractivity contribution is 5.85. The maximum atomic E-state index is 11.4. The molecule has 91 valence electrons. The number of carbonyl (C=O) groups is 2. The summed E-state index contributed by atoms with van der Waals surface area (Å²) in [6, 6.07) is 9.63. The smallest absolute Gasteiger partial charge is 0.224 e. The van der Waals surface area contributed by atoms with Crippen LogP contribution in [-0.4, -0.2) is 11.8 Å². The van der Waals surface area contributed by atoms with Crippen LogP contribution in [0.1, 0.15) is 18.9 Å². The van der Waals surface area contributed by atoms with Crippen molar-refractivity contribution < 1.29 is 9.59 Å². The molecular weight excluding hydrogens is 216 g/mol. The molecule has 1 aromatic carbocycles. The van der Waals surface area contributed by atoms with E-state index in [9.17, 15) is 9.59 Å². The van der Waals surface area contributed by atoms with Crippen LogP contribution in [0.2, 0.25) is 0 Å². The molecule has 1 rings (SSSR count). The van der Waals surface area contributed by atoms with E-state index < -0.39 is 5.91 Å². The lowest BCUT2D eigenvalue weighted by atomic mass is 10.1. The molecule has 4 nitrogen and oxygen atoms in total. The molecule has 0 unspecified atom stereocenters. The lowest BCUT2D eigenvalue weighted by Crippen LogP contribution is -2.26. The quantitative estimate of drug-likeness (QED) is 0.770. The average molecular weight is 233 g/mol. The number of hydrogen-bond donors (Lipinski definition) is 2. The molecule has 0 heterocycles. The molecule has 0 saturated heterocycles. The van der Waals surface area contributed by atoms with Gasteiger partial charge >= 0.3 is 0 Å². The summed E-state index contributed by atoms with van der Waals surface area (Å²) in [6.45, 7) is 2.18. The molecule has 4 heteroatoms. The minimum Gasteiger partial charge on any atom is -0.369 e. The summed E-state index contributed by atoms with van der Waals surface area (Å²) in [4.78, 5) is 22.2. The van der Waals surface area contributed by atoms with Gasteiger partial charge in [-0.15, -0.1) is 0 Å². The van der Waals surface area contributed by atoms with Crippen molar-refractivity contribution >= 4 is 11.8 Å². The predicted molar refractivity (Wildman–Crippen MR) is 65.6 cm³/mol. The monoisotopic (exact) mass is 233 g/mol. The first-order valence-corrected chi connectivity index (χ1v) is 5.54. The van der Waals surface area contributed by atoms with Gasteiger partial charge in [0.25, 0.3) is 0 Å². The molecule has 1 aromatic rings. The molecule has 0 bridgehead atoms. The van der Waals surface area contributed by atoms with Gasteiger partial charge in [0.1, 0.15) is 0 Å². The van der Waals surface area contributed by atoms with Crippen LogP contribution in [0.15, 0.2) is 30.3 Å². The van der Waals surface area contributed by atoms with Crippen molar-refractivity contribution in [2.75, 3.05) is 0 Å². The minimum atomic E-state index is -0.392. The number of nitrogens with two attached hydrogens (primary N) is 1. The van der Waals surface area contributed by atoms with Crippen molar-refractivity contribution in [3.8, 4) is 0 Å². The van der Waals surface area contributed by atoms with Gasteiger partial charge in [-0.1, -0.05) is 37.3 Å². The van der Waals surface area contributed by atoms with E-state index in [1.165, 1.54) is 6.42 Å². The van der Waals surface area contributed by atoms with E-state index in [-0.39, 0.29) is 11.8 Å². The van der Waals surface area contributed by atoms with Gasteiger partial charge in [-0.25, -0.2) is 0 Å². The van der Waals surface area contributed by atoms with Crippen LogP contribution in [0.25, 0.3) is 0 Å². The van der Waals surface area contributed by atoms with Gasteiger partial charge in [0.2, 0.25) is 11.8 Å². The van der Waals surface area contributed by atoms with E-state index in [1.807, 2.05) is 30.3 Å². The Morgan fingerprint density at radius 1 is 1.35 bits per heavy atom. The molecule has 1 radical (unpaired) electrons. The number of nitrogens with one attached hydrogen (secondary N) is 1. The summed E-state index contributed by atoms with van der Waals surface area (Å²) >= 11 is 0. The largest absolute Gasteiger partial charge is 0.369 e. The fourth-order valence-electron chi connectivity index (χ4n) is 1.26. The number of primary amides is 1. The summed E-state index contributed by atoms with van der Waals surface area (Å²) in [7, 11) is 0. The summed E-state index contributed by atoms with van der Waals surface area (Å²) in [5.74, 6) is -0.878. The Balaban J connectivity index is 2.24. The molecule has 0 aromatic heterocycles. The first kappa shape index (κ1) is 13.2. The van der Waals surface area contributed by atoms with Gasteiger partial charge < -0.3 is 11.1 Å². The van der Waals surface area contributed by atoms with Gasteiger partial charge in [-0.2, -0.15) is 0 Å². The predicted octanol–water partition coefficient (Wildman–Crippen LogP) is 1.02. The maximum Gasteiger partial charge on any atom is 0.224 e. The van der Waals surface area contributed by atoms with Crippen LogP contribution in [0, 0.1) is 12.3 Å². The molecule has 17 heavy (non-hydrogen) atoms. The van der Waals surface area contributed by atoms with E-state index in [2.05, 4.69) is 5.32 Å². The normalized spacial score (nSPS) is 11.8. The van der Waals surface area contributed by atoms with E-state index in [0.717, 1.165) is 5.56 Å². The Morgan fingerprint density at radius 3 is 2.59 bits per heavy atom. The molecule has 3 N–H and O–H groups in total. The third kappa shape index (κ3) is 5.15. The van der Waals surface area contributed by atoms with Gasteiger partial charge in [0.15, 0.2) is 0 Å². The van der Waals surface area contributed by atoms with E-state index in [0.29, 0.717) is 13.0 Å². The lowest BCUT2D eigenvalue weighted by molar-refractivity contribution is -0.121. The first-order valence-electron chi connectivity index (χ1n) is 5.54. The Hall–Kier alpha value is -1.84. The third-order valence-electron chi connectivity index (χ3n) is 2.45. The van der Waals surface area contributed by atoms with Gasteiger partial charge in [0.05, 0.1) is 6.42 Å². The average Bonchev–Trinajstić information content (AvgIpc) is 2.34. The van der Waals surface area contributed by atoms with E-state index in [4.69, 9.17) is 5.73 Å². The minimum absolute atomic E-state index is 0.179. The Bertz CT molecular complexity index is 376. The zero-order chi connectivity index (χ0) is 12.7. The maximum absolute atomic E-state index is 11.4. The number of hydrogen-bond acceptors (Lipinski definition) is 2. The zero-order valence-corrected chi connectivity index (χ0v) is 9.85. The first-order chi connectivity index (χ1) is 8.09. The highest BCUT2D eigenvalue weighted by Crippen LogP contribution is 2.03. The van der Waals surface area contributed by atoms with Gasteiger partial charge in [-0.05, 0) is 12.0 Å². The SMILES string of the molecule is C[C@@H](C[CH]C(=O)NCc1ccccc1)C(N)=O. The van der Waals surface area contributed by atoms with Crippen molar-refractivity contribution in [1.29, 1.82) is 0 Å². The number of rotatable bonds is 6. The van der Waals surface area contributed by atoms with Crippen LogP contribution in [0.5, 0.6) is 0 Å². The van der Waals surface area contributed by atoms with Gasteiger partial charge in [-0.3, -0.25) is 9.59 Å². The molecule has 1 atom stereocenters. The fraction of sp³-hybridized carbons (Fsp3) is 0.308. The second-order valence-corrected chi connectivity index (χ2v) is 3.95. The number of benzene rings is 1. The Morgan fingerprint density at radius 2 is 2.00 bits per heavy atom. The second kappa shape index (κ2) is 6.68. The van der Waals surface area contributed by atoms with Crippen LogP contribution in [0.3, 0.4) is 0 Å². The summed E-state index contributed by atoms with van der Waals surface area (Å²) in [5.41, 5.74) is 6.14. The molecule has 0 aliphatic heterocycles. The van der Waals surface area contributed by atoms with Crippen LogP contribution in [-0.2, 0) is 16.1 Å². The molecule has 0 aliphatic rings. The second-order valence-electron chi connectivity index (χ2n) is 3.95. The number of carbonyl (C=O) groups excluding carboxylic acids is 2. The molecule has 2 amide bonds. The van der Waals surface area contributed by atoms with Crippen molar-refractivity contribution in [2.24, 2.45) is 11.7 Å². The highest BCUT2D eigenvalue weighted by Gasteiger charge is 2.11. The molecule has 0 spiro atoms. The van der Waals surface area contributed by atoms with Crippen molar-refractivity contribution in [1.82, 2.24) is 5.32 Å². The molecular formula is C13H17N2O2. The van der Waals surface area contributed by atoms with Crippen molar-refractivity contribution in [2.45, 2.75) is 19.9 Å². The molecule has 0 aliphatic carbocycles. The molecule has 0 fully saturated rings. The Kier molecular flexibility index (Phi) is 5.20. The number of amides is 2. The van der Waals surface area contributed by atoms with Crippen molar-refractivity contribution in [3.05, 3.63) is 42.3 Å². The van der Waals surface area contributed by atoms with Gasteiger partial charge in [0, 0.05) is 12.5 Å². The van der Waals surface area contributed by atoms with Crippen LogP contribution < -0.4 is 11.1 Å². The summed E-state index contributed by atoms with van der Waals surface area (Å²) in [6.07, 6.45) is 1.83. The highest BCUT2D eigenvalue weighted by atomic mass is 16.2. The fourth-order valence-corrected chi connectivity index (χ4v) is 1.26. The Labute approximate surface area is 101 Å². The van der Waals surface area contributed by atoms with Crippen LogP contribution in [0.4, 0.5) is 0 Å². The lowest BCUT2D eigenvalue weighted by Gasteiger charge is -2.07. The summed E-state index contributed by atoms with van der Waals surface area (Å²) < 4.78 is 0. The third-order valence-corrected chi connectivity index (χ3v) is 2.45. The zero-order valence-electron chi connectivity index (χ0n) is 9.85.